The minimum Gasteiger partial charge on any atom is -0.338 e. The average Bonchev–Trinajstić information content (AvgIpc) is 2.45. The van der Waals surface area contributed by atoms with Crippen LogP contribution in [0.1, 0.15) is 28.8 Å². The molecule has 20 heavy (non-hydrogen) atoms. The zero-order chi connectivity index (χ0) is 14.8. The van der Waals surface area contributed by atoms with E-state index in [1.54, 1.807) is 29.7 Å². The molecule has 0 unspecified atom stereocenters. The first-order valence-electron chi connectivity index (χ1n) is 6.52. The zero-order valence-corrected chi connectivity index (χ0v) is 12.5. The highest BCUT2D eigenvalue weighted by molar-refractivity contribution is 8.00. The third-order valence-electron chi connectivity index (χ3n) is 3.74. The summed E-state index contributed by atoms with van der Waals surface area (Å²) in [5.41, 5.74) is 1.12. The van der Waals surface area contributed by atoms with E-state index in [-0.39, 0.29) is 16.5 Å². The number of carbonyl (C=O) groups excluding carboxylic acids is 1. The van der Waals surface area contributed by atoms with Gasteiger partial charge in [0.15, 0.2) is 0 Å². The Balaban J connectivity index is 2.11. The highest BCUT2D eigenvalue weighted by Crippen LogP contribution is 2.34. The molecular weight excluding hydrogens is 275 g/mol. The molecule has 0 radical (unpaired) electrons. The minimum absolute atomic E-state index is 0.153. The van der Waals surface area contributed by atoms with Crippen molar-refractivity contribution in [2.75, 3.05) is 19.3 Å². The van der Waals surface area contributed by atoms with Crippen molar-refractivity contribution in [3.63, 3.8) is 0 Å². The molecule has 1 heterocycles. The number of carbonyl (C=O) groups is 1. The fourth-order valence-corrected chi connectivity index (χ4v) is 3.16. The number of piperidine rings is 1. The fourth-order valence-electron chi connectivity index (χ4n) is 2.47. The van der Waals surface area contributed by atoms with Crippen molar-refractivity contribution in [1.82, 2.24) is 4.90 Å². The van der Waals surface area contributed by atoms with E-state index in [1.807, 2.05) is 6.26 Å². The topological polar surface area (TPSA) is 44.1 Å². The maximum atomic E-state index is 13.4. The molecule has 0 N–H and O–H groups in total. The maximum Gasteiger partial charge on any atom is 0.253 e. The zero-order valence-electron chi connectivity index (χ0n) is 11.6. The standard InChI is InChI=1S/C15H17FN2OS/c1-11-7-12(9-13(16)8-11)14(19)18-5-3-15(10-17,20-2)4-6-18/h7-9H,3-6H2,1-2H3. The van der Waals surface area contributed by atoms with Gasteiger partial charge in [-0.25, -0.2) is 4.39 Å². The Morgan fingerprint density at radius 2 is 2.05 bits per heavy atom. The van der Waals surface area contributed by atoms with Gasteiger partial charge in [-0.05, 0) is 49.8 Å². The van der Waals surface area contributed by atoms with Crippen molar-refractivity contribution in [2.24, 2.45) is 0 Å². The first-order valence-corrected chi connectivity index (χ1v) is 7.75. The van der Waals surface area contributed by atoms with Gasteiger partial charge in [0.1, 0.15) is 10.6 Å². The van der Waals surface area contributed by atoms with Gasteiger partial charge in [0.2, 0.25) is 0 Å². The van der Waals surface area contributed by atoms with Crippen molar-refractivity contribution in [1.29, 1.82) is 5.26 Å². The number of hydrogen-bond donors (Lipinski definition) is 0. The Kier molecular flexibility index (Phi) is 4.34. The lowest BCUT2D eigenvalue weighted by Crippen LogP contribution is -2.44. The molecule has 1 aromatic rings. The Hall–Kier alpha value is -1.54. The molecule has 0 bridgehead atoms. The summed E-state index contributed by atoms with van der Waals surface area (Å²) in [7, 11) is 0. The lowest BCUT2D eigenvalue weighted by Gasteiger charge is -2.36. The largest absolute Gasteiger partial charge is 0.338 e. The average molecular weight is 292 g/mol. The summed E-state index contributed by atoms with van der Waals surface area (Å²) in [5, 5.41) is 9.23. The number of likely N-dealkylation sites (tertiary alicyclic amines) is 1. The van der Waals surface area contributed by atoms with Crippen LogP contribution in [0.15, 0.2) is 18.2 Å². The lowest BCUT2D eigenvalue weighted by molar-refractivity contribution is 0.0716. The van der Waals surface area contributed by atoms with E-state index in [0.29, 0.717) is 31.5 Å². The molecule has 0 spiro atoms. The van der Waals surface area contributed by atoms with Crippen LogP contribution in [0, 0.1) is 24.1 Å². The van der Waals surface area contributed by atoms with Crippen molar-refractivity contribution in [3.05, 3.63) is 35.1 Å². The van der Waals surface area contributed by atoms with E-state index in [9.17, 15) is 14.4 Å². The molecule has 1 saturated heterocycles. The molecule has 2 rings (SSSR count). The van der Waals surface area contributed by atoms with E-state index in [2.05, 4.69) is 6.07 Å². The number of nitrogens with zero attached hydrogens (tertiary/aromatic N) is 2. The van der Waals surface area contributed by atoms with E-state index in [4.69, 9.17) is 0 Å². The first kappa shape index (κ1) is 14.9. The lowest BCUT2D eigenvalue weighted by atomic mass is 9.96. The van der Waals surface area contributed by atoms with Gasteiger partial charge in [-0.15, -0.1) is 11.8 Å². The van der Waals surface area contributed by atoms with Crippen molar-refractivity contribution >= 4 is 17.7 Å². The first-order chi connectivity index (χ1) is 9.49. The summed E-state index contributed by atoms with van der Waals surface area (Å²) >= 11 is 1.55. The van der Waals surface area contributed by atoms with Crippen LogP contribution >= 0.6 is 11.8 Å². The number of hydrogen-bond acceptors (Lipinski definition) is 3. The molecule has 0 atom stereocenters. The maximum absolute atomic E-state index is 13.4. The summed E-state index contributed by atoms with van der Waals surface area (Å²) in [6.07, 6.45) is 3.24. The van der Waals surface area contributed by atoms with Gasteiger partial charge in [-0.1, -0.05) is 0 Å². The van der Waals surface area contributed by atoms with Gasteiger partial charge in [0.25, 0.3) is 5.91 Å². The second kappa shape index (κ2) is 5.84. The van der Waals surface area contributed by atoms with Gasteiger partial charge >= 0.3 is 0 Å². The number of aryl methyl sites for hydroxylation is 1. The Labute approximate surface area is 122 Å². The third-order valence-corrected chi connectivity index (χ3v) is 5.02. The molecule has 106 valence electrons. The number of rotatable bonds is 2. The van der Waals surface area contributed by atoms with Crippen LogP contribution in [-0.4, -0.2) is 34.9 Å². The monoisotopic (exact) mass is 292 g/mol. The van der Waals surface area contributed by atoms with Crippen LogP contribution in [0.25, 0.3) is 0 Å². The van der Waals surface area contributed by atoms with Crippen LogP contribution < -0.4 is 0 Å². The van der Waals surface area contributed by atoms with Crippen molar-refractivity contribution in [2.45, 2.75) is 24.5 Å². The summed E-state index contributed by atoms with van der Waals surface area (Å²) in [6.45, 7) is 2.86. The fraction of sp³-hybridized carbons (Fsp3) is 0.467. The smallest absolute Gasteiger partial charge is 0.253 e. The predicted molar refractivity (Wildman–Crippen MR) is 78.1 cm³/mol. The highest BCUT2D eigenvalue weighted by Gasteiger charge is 2.35. The van der Waals surface area contributed by atoms with Crippen molar-refractivity contribution in [3.8, 4) is 6.07 Å². The normalized spacial score (nSPS) is 17.6. The molecule has 0 aromatic heterocycles. The molecule has 1 aliphatic heterocycles. The number of benzene rings is 1. The van der Waals surface area contributed by atoms with E-state index in [0.717, 1.165) is 5.56 Å². The molecule has 0 aliphatic carbocycles. The van der Waals surface area contributed by atoms with Crippen LogP contribution in [0.4, 0.5) is 4.39 Å². The van der Waals surface area contributed by atoms with Gasteiger partial charge in [0, 0.05) is 18.7 Å². The van der Waals surface area contributed by atoms with Crippen LogP contribution in [0.3, 0.4) is 0 Å². The Morgan fingerprint density at radius 1 is 1.40 bits per heavy atom. The molecule has 5 heteroatoms. The summed E-state index contributed by atoms with van der Waals surface area (Å²) in [5.74, 6) is -0.541. The van der Waals surface area contributed by atoms with E-state index < -0.39 is 0 Å². The minimum atomic E-state index is -0.388. The van der Waals surface area contributed by atoms with Crippen LogP contribution in [0.2, 0.25) is 0 Å². The van der Waals surface area contributed by atoms with Crippen LogP contribution in [-0.2, 0) is 0 Å². The molecular formula is C15H17FN2OS. The second-order valence-electron chi connectivity index (χ2n) is 5.12. The molecule has 1 aliphatic rings. The van der Waals surface area contributed by atoms with E-state index in [1.165, 1.54) is 12.1 Å². The van der Waals surface area contributed by atoms with E-state index >= 15 is 0 Å². The predicted octanol–water partition coefficient (Wildman–Crippen LogP) is 3.00. The number of thioether (sulfide) groups is 1. The summed E-state index contributed by atoms with van der Waals surface area (Å²) in [6, 6.07) is 6.73. The highest BCUT2D eigenvalue weighted by atomic mass is 32.2. The molecule has 1 amide bonds. The number of halogens is 1. The summed E-state index contributed by atoms with van der Waals surface area (Å²) in [4.78, 5) is 14.1. The molecule has 1 fully saturated rings. The summed E-state index contributed by atoms with van der Waals surface area (Å²) < 4.78 is 13.0. The molecule has 3 nitrogen and oxygen atoms in total. The Morgan fingerprint density at radius 3 is 2.55 bits per heavy atom. The SMILES string of the molecule is CSC1(C#N)CCN(C(=O)c2cc(C)cc(F)c2)CC1. The van der Waals surface area contributed by atoms with Crippen molar-refractivity contribution < 1.29 is 9.18 Å². The van der Waals surface area contributed by atoms with Gasteiger partial charge < -0.3 is 4.90 Å². The molecule has 1 aromatic carbocycles. The third kappa shape index (κ3) is 2.96. The number of amides is 1. The Bertz CT molecular complexity index is 539. The van der Waals surface area contributed by atoms with Gasteiger partial charge in [-0.3, -0.25) is 4.79 Å². The van der Waals surface area contributed by atoms with Gasteiger partial charge in [-0.2, -0.15) is 5.26 Å². The number of nitriles is 1. The van der Waals surface area contributed by atoms with Crippen LogP contribution in [0.5, 0.6) is 0 Å². The quantitative estimate of drug-likeness (QED) is 0.841. The molecule has 0 saturated carbocycles. The van der Waals surface area contributed by atoms with Gasteiger partial charge in [0.05, 0.1) is 6.07 Å². The second-order valence-corrected chi connectivity index (χ2v) is 6.31.